The molecule has 0 bridgehead atoms. The van der Waals surface area contributed by atoms with Gasteiger partial charge in [-0.05, 0) is 24.5 Å². The maximum atomic E-state index is 13.5. The Morgan fingerprint density at radius 3 is 2.53 bits per heavy atom. The monoisotopic (exact) mass is 421 g/mol. The second kappa shape index (κ2) is 7.47. The van der Waals surface area contributed by atoms with Crippen molar-refractivity contribution in [2.24, 2.45) is 0 Å². The van der Waals surface area contributed by atoms with Gasteiger partial charge < -0.3 is 5.11 Å². The molecular formula is C19H18F3N5O3. The summed E-state index contributed by atoms with van der Waals surface area (Å²) >= 11 is 0. The van der Waals surface area contributed by atoms with Crippen LogP contribution in [0.5, 0.6) is 0 Å². The number of hydrogen-bond donors (Lipinski definition) is 1. The number of nitrogens with zero attached hydrogens (tertiary/aromatic N) is 5. The number of halogens is 3. The fraction of sp³-hybridized carbons (Fsp3) is 0.368. The Morgan fingerprint density at radius 1 is 1.13 bits per heavy atom. The first-order valence-corrected chi connectivity index (χ1v) is 9.33. The number of aliphatic carboxylic acids is 1. The largest absolute Gasteiger partial charge is 0.480 e. The topological polar surface area (TPSA) is 94.9 Å². The molecule has 0 saturated carbocycles. The van der Waals surface area contributed by atoms with E-state index in [1.54, 1.807) is 30.3 Å². The van der Waals surface area contributed by atoms with Crippen LogP contribution in [-0.4, -0.2) is 35.2 Å². The molecule has 3 aromatic rings. The second-order valence-corrected chi connectivity index (χ2v) is 7.13. The number of benzene rings is 1. The summed E-state index contributed by atoms with van der Waals surface area (Å²) in [5.41, 5.74) is -0.927. The van der Waals surface area contributed by atoms with Crippen LogP contribution in [0.2, 0.25) is 0 Å². The van der Waals surface area contributed by atoms with Gasteiger partial charge in [0.2, 0.25) is 0 Å². The Morgan fingerprint density at radius 2 is 1.87 bits per heavy atom. The van der Waals surface area contributed by atoms with Crippen molar-refractivity contribution in [3.63, 3.8) is 0 Å². The number of fused-ring (bicyclic) bond motifs is 1. The molecule has 1 atom stereocenters. The third-order valence-electron chi connectivity index (χ3n) is 5.02. The Hall–Kier alpha value is -3.37. The van der Waals surface area contributed by atoms with E-state index in [-0.39, 0.29) is 18.8 Å². The Balaban J connectivity index is 1.68. The van der Waals surface area contributed by atoms with Gasteiger partial charge in [0.1, 0.15) is 17.6 Å². The van der Waals surface area contributed by atoms with Crippen molar-refractivity contribution in [3.8, 4) is 0 Å². The minimum atomic E-state index is -4.62. The zero-order chi connectivity index (χ0) is 21.5. The lowest BCUT2D eigenvalue weighted by atomic mass is 10.1. The van der Waals surface area contributed by atoms with Crippen LogP contribution in [0.4, 0.5) is 13.2 Å². The number of carboxylic acids is 1. The molecule has 1 aromatic carbocycles. The SMILES string of the molecule is O=C(O)[C@@H]1CCCc2nn(Cc3cc(C(F)(F)F)n(Cc4ccccc4)n3)c(=O)n21. The molecule has 1 aliphatic heterocycles. The van der Waals surface area contributed by atoms with Gasteiger partial charge in [0, 0.05) is 6.42 Å². The highest BCUT2D eigenvalue weighted by molar-refractivity contribution is 5.72. The molecule has 11 heteroatoms. The molecule has 2 aromatic heterocycles. The maximum absolute atomic E-state index is 13.5. The molecule has 1 N–H and O–H groups in total. The van der Waals surface area contributed by atoms with Crippen molar-refractivity contribution in [3.05, 3.63) is 69.7 Å². The van der Waals surface area contributed by atoms with E-state index in [9.17, 15) is 27.9 Å². The molecule has 0 saturated heterocycles. The van der Waals surface area contributed by atoms with Crippen molar-refractivity contribution in [1.29, 1.82) is 0 Å². The van der Waals surface area contributed by atoms with Gasteiger partial charge >= 0.3 is 17.8 Å². The molecule has 0 aliphatic carbocycles. The van der Waals surface area contributed by atoms with E-state index in [0.29, 0.717) is 30.7 Å². The number of rotatable bonds is 5. The van der Waals surface area contributed by atoms with Crippen molar-refractivity contribution < 1.29 is 23.1 Å². The minimum Gasteiger partial charge on any atom is -0.480 e. The third-order valence-corrected chi connectivity index (χ3v) is 5.02. The van der Waals surface area contributed by atoms with Crippen LogP contribution in [0.15, 0.2) is 41.2 Å². The standard InChI is InChI=1S/C19H18F3N5O3/c20-19(21,22)15-9-13(23-25(15)10-12-5-2-1-3-6-12)11-26-18(30)27-14(17(28)29)7-4-8-16(27)24-26/h1-3,5-6,9,14H,4,7-8,10-11H2,(H,28,29)/t14-/m0/s1. The molecule has 0 spiro atoms. The minimum absolute atomic E-state index is 0.0164. The number of carbonyl (C=O) groups is 1. The van der Waals surface area contributed by atoms with Crippen LogP contribution in [0.1, 0.15) is 41.7 Å². The number of hydrogen-bond acceptors (Lipinski definition) is 4. The van der Waals surface area contributed by atoms with E-state index in [2.05, 4.69) is 10.2 Å². The van der Waals surface area contributed by atoms with E-state index in [0.717, 1.165) is 20.0 Å². The fourth-order valence-electron chi connectivity index (χ4n) is 3.67. The van der Waals surface area contributed by atoms with Crippen LogP contribution >= 0.6 is 0 Å². The van der Waals surface area contributed by atoms with Crippen molar-refractivity contribution >= 4 is 5.97 Å². The summed E-state index contributed by atoms with van der Waals surface area (Å²) in [6.07, 6.45) is -3.32. The molecular weight excluding hydrogens is 403 g/mol. The van der Waals surface area contributed by atoms with Crippen molar-refractivity contribution in [1.82, 2.24) is 24.1 Å². The lowest BCUT2D eigenvalue weighted by molar-refractivity contribution is -0.144. The molecule has 8 nitrogen and oxygen atoms in total. The van der Waals surface area contributed by atoms with E-state index in [1.165, 1.54) is 0 Å². The summed E-state index contributed by atoms with van der Waals surface area (Å²) in [5, 5.41) is 17.5. The number of aryl methyl sites for hydroxylation is 1. The number of aromatic nitrogens is 5. The van der Waals surface area contributed by atoms with Gasteiger partial charge in [-0.3, -0.25) is 9.25 Å². The zero-order valence-corrected chi connectivity index (χ0v) is 15.7. The van der Waals surface area contributed by atoms with Gasteiger partial charge in [-0.15, -0.1) is 0 Å². The third kappa shape index (κ3) is 3.74. The van der Waals surface area contributed by atoms with Gasteiger partial charge in [0.15, 0.2) is 0 Å². The predicted octanol–water partition coefficient (Wildman–Crippen LogP) is 2.32. The summed E-state index contributed by atoms with van der Waals surface area (Å²) in [4.78, 5) is 24.1. The molecule has 1 aliphatic rings. The maximum Gasteiger partial charge on any atom is 0.433 e. The second-order valence-electron chi connectivity index (χ2n) is 7.13. The highest BCUT2D eigenvalue weighted by Crippen LogP contribution is 2.30. The van der Waals surface area contributed by atoms with Gasteiger partial charge in [0.25, 0.3) is 0 Å². The number of carboxylic acid groups (broad SMARTS) is 1. The highest BCUT2D eigenvalue weighted by Gasteiger charge is 2.36. The zero-order valence-electron chi connectivity index (χ0n) is 15.7. The predicted molar refractivity (Wildman–Crippen MR) is 98.0 cm³/mol. The summed E-state index contributed by atoms with van der Waals surface area (Å²) in [5.74, 6) is -0.817. The average Bonchev–Trinajstić information content (AvgIpc) is 3.24. The van der Waals surface area contributed by atoms with E-state index in [4.69, 9.17) is 0 Å². The normalized spacial score (nSPS) is 16.4. The van der Waals surface area contributed by atoms with Crippen LogP contribution in [0.25, 0.3) is 0 Å². The summed E-state index contributed by atoms with van der Waals surface area (Å²) in [6.45, 7) is -0.360. The smallest absolute Gasteiger partial charge is 0.433 e. The molecule has 30 heavy (non-hydrogen) atoms. The molecule has 4 rings (SSSR count). The fourth-order valence-corrected chi connectivity index (χ4v) is 3.67. The molecule has 0 unspecified atom stereocenters. The molecule has 0 radical (unpaired) electrons. The summed E-state index contributed by atoms with van der Waals surface area (Å²) in [6, 6.07) is 8.48. The van der Waals surface area contributed by atoms with Crippen LogP contribution < -0.4 is 5.69 Å². The van der Waals surface area contributed by atoms with Crippen molar-refractivity contribution in [2.75, 3.05) is 0 Å². The first-order valence-electron chi connectivity index (χ1n) is 9.33. The molecule has 3 heterocycles. The molecule has 158 valence electrons. The van der Waals surface area contributed by atoms with E-state index >= 15 is 0 Å². The average molecular weight is 421 g/mol. The first kappa shape index (κ1) is 19.9. The lowest BCUT2D eigenvalue weighted by Gasteiger charge is -2.19. The summed E-state index contributed by atoms with van der Waals surface area (Å²) in [7, 11) is 0. The van der Waals surface area contributed by atoms with E-state index in [1.807, 2.05) is 0 Å². The summed E-state index contributed by atoms with van der Waals surface area (Å²) < 4.78 is 43.4. The molecule has 0 fully saturated rings. The Bertz CT molecular complexity index is 1130. The van der Waals surface area contributed by atoms with Crippen LogP contribution in [0.3, 0.4) is 0 Å². The van der Waals surface area contributed by atoms with Gasteiger partial charge in [-0.25, -0.2) is 14.3 Å². The Kier molecular flexibility index (Phi) is 4.96. The molecule has 0 amide bonds. The lowest BCUT2D eigenvalue weighted by Crippen LogP contribution is -2.34. The van der Waals surface area contributed by atoms with Gasteiger partial charge in [-0.1, -0.05) is 30.3 Å². The first-order chi connectivity index (χ1) is 14.2. The van der Waals surface area contributed by atoms with Crippen LogP contribution in [0, 0.1) is 0 Å². The quantitative estimate of drug-likeness (QED) is 0.682. The van der Waals surface area contributed by atoms with Gasteiger partial charge in [-0.2, -0.15) is 23.4 Å². The highest BCUT2D eigenvalue weighted by atomic mass is 19.4. The number of alkyl halides is 3. The van der Waals surface area contributed by atoms with Gasteiger partial charge in [0.05, 0.1) is 18.8 Å². The Labute approximate surface area is 168 Å². The van der Waals surface area contributed by atoms with Crippen LogP contribution in [-0.2, 0) is 30.5 Å². The van der Waals surface area contributed by atoms with E-state index < -0.39 is 29.6 Å². The van der Waals surface area contributed by atoms with Crippen molar-refractivity contribution in [2.45, 2.75) is 44.6 Å².